The predicted octanol–water partition coefficient (Wildman–Crippen LogP) is -0.133. The number of likely N-dealkylation sites (N-methyl/N-ethyl adjacent to an activating group) is 1. The number of nitrogens with one attached hydrogen (secondary N) is 1. The van der Waals surface area contributed by atoms with Crippen molar-refractivity contribution in [3.63, 3.8) is 0 Å². The van der Waals surface area contributed by atoms with Crippen molar-refractivity contribution in [2.75, 3.05) is 33.2 Å². The third-order valence-electron chi connectivity index (χ3n) is 3.50. The van der Waals surface area contributed by atoms with Crippen molar-refractivity contribution in [3.8, 4) is 0 Å². The van der Waals surface area contributed by atoms with Crippen LogP contribution in [0.2, 0.25) is 0 Å². The summed E-state index contributed by atoms with van der Waals surface area (Å²) >= 11 is 0. The normalized spacial score (nSPS) is 33.6. The van der Waals surface area contributed by atoms with Gasteiger partial charge in [0.1, 0.15) is 0 Å². The van der Waals surface area contributed by atoms with Gasteiger partial charge < -0.3 is 4.90 Å². The van der Waals surface area contributed by atoms with Crippen LogP contribution in [0.3, 0.4) is 0 Å². The van der Waals surface area contributed by atoms with E-state index in [1.807, 2.05) is 7.05 Å². The van der Waals surface area contributed by atoms with Crippen LogP contribution in [0.5, 0.6) is 0 Å². The zero-order chi connectivity index (χ0) is 11.8. The third kappa shape index (κ3) is 2.56. The van der Waals surface area contributed by atoms with Crippen LogP contribution in [0.1, 0.15) is 19.8 Å². The van der Waals surface area contributed by atoms with Crippen LogP contribution in [0.4, 0.5) is 0 Å². The number of rotatable bonds is 3. The first-order valence-electron chi connectivity index (χ1n) is 5.95. The molecule has 0 amide bonds. The zero-order valence-corrected chi connectivity index (χ0v) is 10.8. The van der Waals surface area contributed by atoms with Gasteiger partial charge in [-0.25, -0.2) is 0 Å². The molecule has 16 heavy (non-hydrogen) atoms. The van der Waals surface area contributed by atoms with Crippen molar-refractivity contribution in [2.45, 2.75) is 25.8 Å². The number of hydrogen-bond acceptors (Lipinski definition) is 3. The summed E-state index contributed by atoms with van der Waals surface area (Å²) in [4.78, 5) is 2.17. The quantitative estimate of drug-likeness (QED) is 0.755. The molecule has 2 aliphatic rings. The Labute approximate surface area is 98.0 Å². The average molecular weight is 247 g/mol. The predicted molar refractivity (Wildman–Crippen MR) is 63.3 cm³/mol. The first-order valence-corrected chi connectivity index (χ1v) is 7.39. The first-order chi connectivity index (χ1) is 7.49. The zero-order valence-electron chi connectivity index (χ0n) is 10.0. The molecule has 0 spiro atoms. The van der Waals surface area contributed by atoms with Crippen LogP contribution >= 0.6 is 0 Å². The van der Waals surface area contributed by atoms with E-state index >= 15 is 0 Å². The fourth-order valence-electron chi connectivity index (χ4n) is 2.56. The van der Waals surface area contributed by atoms with Gasteiger partial charge in [0.25, 0.3) is 10.2 Å². The summed E-state index contributed by atoms with van der Waals surface area (Å²) in [5.41, 5.74) is 0. The molecule has 0 aromatic rings. The highest BCUT2D eigenvalue weighted by molar-refractivity contribution is 7.87. The Hall–Kier alpha value is -0.170. The second-order valence-corrected chi connectivity index (χ2v) is 6.74. The molecule has 2 aliphatic heterocycles. The molecule has 6 heteroatoms. The summed E-state index contributed by atoms with van der Waals surface area (Å²) in [5.74, 6) is 0.391. The molecule has 2 atom stereocenters. The Bertz CT molecular complexity index is 338. The maximum absolute atomic E-state index is 12.0. The molecule has 0 bridgehead atoms. The van der Waals surface area contributed by atoms with Gasteiger partial charge >= 0.3 is 0 Å². The molecule has 0 aliphatic carbocycles. The minimum Gasteiger partial charge on any atom is -0.304 e. The van der Waals surface area contributed by atoms with Crippen molar-refractivity contribution in [1.82, 2.24) is 13.9 Å². The lowest BCUT2D eigenvalue weighted by molar-refractivity contribution is 0.398. The molecule has 1 N–H and O–H groups in total. The molecular formula is C10H21N3O2S. The summed E-state index contributed by atoms with van der Waals surface area (Å²) in [6.07, 6.45) is 1.97. The van der Waals surface area contributed by atoms with E-state index in [0.29, 0.717) is 19.0 Å². The first kappa shape index (κ1) is 12.3. The Morgan fingerprint density at radius 1 is 1.19 bits per heavy atom. The SMILES string of the molecule is C[C@@H]1CN(C)C[C@@H]1NS(=O)(=O)N1CCCC1. The van der Waals surface area contributed by atoms with Gasteiger partial charge in [-0.15, -0.1) is 0 Å². The lowest BCUT2D eigenvalue weighted by Crippen LogP contribution is -2.46. The molecule has 0 aromatic carbocycles. The molecule has 2 heterocycles. The van der Waals surface area contributed by atoms with Crippen LogP contribution in [0, 0.1) is 5.92 Å². The summed E-state index contributed by atoms with van der Waals surface area (Å²) in [7, 11) is -1.21. The summed E-state index contributed by atoms with van der Waals surface area (Å²) < 4.78 is 28.5. The lowest BCUT2D eigenvalue weighted by atomic mass is 10.1. The highest BCUT2D eigenvalue weighted by atomic mass is 32.2. The van der Waals surface area contributed by atoms with E-state index in [4.69, 9.17) is 0 Å². The van der Waals surface area contributed by atoms with E-state index in [0.717, 1.165) is 25.9 Å². The van der Waals surface area contributed by atoms with Crippen molar-refractivity contribution in [2.24, 2.45) is 5.92 Å². The van der Waals surface area contributed by atoms with Gasteiger partial charge in [0.2, 0.25) is 0 Å². The van der Waals surface area contributed by atoms with Gasteiger partial charge in [0.15, 0.2) is 0 Å². The van der Waals surface area contributed by atoms with Gasteiger partial charge in [-0.3, -0.25) is 0 Å². The van der Waals surface area contributed by atoms with Gasteiger partial charge in [-0.1, -0.05) is 6.92 Å². The molecule has 0 unspecified atom stereocenters. The minimum atomic E-state index is -3.24. The Balaban J connectivity index is 1.98. The smallest absolute Gasteiger partial charge is 0.279 e. The largest absolute Gasteiger partial charge is 0.304 e. The van der Waals surface area contributed by atoms with Crippen molar-refractivity contribution in [3.05, 3.63) is 0 Å². The van der Waals surface area contributed by atoms with Gasteiger partial charge in [0.05, 0.1) is 0 Å². The molecule has 2 saturated heterocycles. The summed E-state index contributed by atoms with van der Waals surface area (Å²) in [6, 6.07) is 0.0654. The average Bonchev–Trinajstić information content (AvgIpc) is 2.76. The van der Waals surface area contributed by atoms with Gasteiger partial charge in [-0.2, -0.15) is 17.4 Å². The second kappa shape index (κ2) is 4.60. The minimum absolute atomic E-state index is 0.0654. The second-order valence-electron chi connectivity index (χ2n) is 5.03. The summed E-state index contributed by atoms with van der Waals surface area (Å²) in [6.45, 7) is 5.22. The highest BCUT2D eigenvalue weighted by Crippen LogP contribution is 2.18. The van der Waals surface area contributed by atoms with E-state index in [1.54, 1.807) is 4.31 Å². The van der Waals surface area contributed by atoms with E-state index in [9.17, 15) is 8.42 Å². The Kier molecular flexibility index (Phi) is 3.53. The van der Waals surface area contributed by atoms with E-state index in [-0.39, 0.29) is 6.04 Å². The van der Waals surface area contributed by atoms with E-state index in [1.165, 1.54) is 0 Å². The lowest BCUT2D eigenvalue weighted by Gasteiger charge is -2.21. The molecule has 0 radical (unpaired) electrons. The van der Waals surface area contributed by atoms with E-state index < -0.39 is 10.2 Å². The topological polar surface area (TPSA) is 52.7 Å². The maximum atomic E-state index is 12.0. The van der Waals surface area contributed by atoms with Crippen molar-refractivity contribution in [1.29, 1.82) is 0 Å². The van der Waals surface area contributed by atoms with Gasteiger partial charge in [-0.05, 0) is 25.8 Å². The van der Waals surface area contributed by atoms with Crippen LogP contribution in [0.25, 0.3) is 0 Å². The molecule has 0 aromatic heterocycles. The molecule has 94 valence electrons. The standard InChI is InChI=1S/C10H21N3O2S/c1-9-7-12(2)8-10(9)11-16(14,15)13-5-3-4-6-13/h9-11H,3-8H2,1-2H3/t9-,10+/m1/s1. The molecular weight excluding hydrogens is 226 g/mol. The number of likely N-dealkylation sites (tertiary alicyclic amines) is 1. The Morgan fingerprint density at radius 3 is 2.31 bits per heavy atom. The maximum Gasteiger partial charge on any atom is 0.279 e. The molecule has 0 saturated carbocycles. The molecule has 2 rings (SSSR count). The van der Waals surface area contributed by atoms with Crippen LogP contribution < -0.4 is 4.72 Å². The fourth-order valence-corrected chi connectivity index (χ4v) is 4.13. The van der Waals surface area contributed by atoms with E-state index in [2.05, 4.69) is 16.5 Å². The number of nitrogens with zero attached hydrogens (tertiary/aromatic N) is 2. The molecule has 5 nitrogen and oxygen atoms in total. The summed E-state index contributed by atoms with van der Waals surface area (Å²) in [5, 5.41) is 0. The van der Waals surface area contributed by atoms with Crippen LogP contribution in [-0.4, -0.2) is 56.9 Å². The Morgan fingerprint density at radius 2 is 1.81 bits per heavy atom. The molecule has 2 fully saturated rings. The van der Waals surface area contributed by atoms with Crippen molar-refractivity contribution >= 4 is 10.2 Å². The fraction of sp³-hybridized carbons (Fsp3) is 1.00. The number of hydrogen-bond donors (Lipinski definition) is 1. The van der Waals surface area contributed by atoms with Crippen LogP contribution in [-0.2, 0) is 10.2 Å². The highest BCUT2D eigenvalue weighted by Gasteiger charge is 2.33. The monoisotopic (exact) mass is 247 g/mol. The van der Waals surface area contributed by atoms with Crippen LogP contribution in [0.15, 0.2) is 0 Å². The van der Waals surface area contributed by atoms with Crippen molar-refractivity contribution < 1.29 is 8.42 Å². The van der Waals surface area contributed by atoms with Gasteiger partial charge in [0, 0.05) is 32.2 Å². The third-order valence-corrected chi connectivity index (χ3v) is 5.15.